The first-order valence-corrected chi connectivity index (χ1v) is 11.3. The summed E-state index contributed by atoms with van der Waals surface area (Å²) < 4.78 is 10.9. The summed E-state index contributed by atoms with van der Waals surface area (Å²) in [6, 6.07) is 7.86. The molecule has 0 aliphatic carbocycles. The van der Waals surface area contributed by atoms with Crippen LogP contribution < -0.4 is 5.32 Å². The number of carbonyl (C=O) groups is 3. The zero-order valence-electron chi connectivity index (χ0n) is 20.8. The van der Waals surface area contributed by atoms with Crippen LogP contribution in [0, 0.1) is 11.8 Å². The second kappa shape index (κ2) is 12.5. The number of nitrogens with zero attached hydrogens (tertiary/aromatic N) is 1. The summed E-state index contributed by atoms with van der Waals surface area (Å²) in [5.41, 5.74) is 0.199. The third kappa shape index (κ3) is 10.2. The van der Waals surface area contributed by atoms with E-state index in [0.717, 1.165) is 5.56 Å². The minimum atomic E-state index is -0.800. The van der Waals surface area contributed by atoms with E-state index in [1.165, 1.54) is 4.90 Å². The van der Waals surface area contributed by atoms with Gasteiger partial charge in [0.25, 0.3) is 0 Å². The van der Waals surface area contributed by atoms with Crippen LogP contribution in [0.15, 0.2) is 30.3 Å². The lowest BCUT2D eigenvalue weighted by Crippen LogP contribution is -2.53. The van der Waals surface area contributed by atoms with E-state index in [2.05, 4.69) is 5.32 Å². The van der Waals surface area contributed by atoms with Crippen molar-refractivity contribution in [2.24, 2.45) is 11.8 Å². The Balaban J connectivity index is 2.97. The topological polar surface area (TPSA) is 84.9 Å². The van der Waals surface area contributed by atoms with Crippen LogP contribution in [0.2, 0.25) is 0 Å². The summed E-state index contributed by atoms with van der Waals surface area (Å²) in [4.78, 5) is 40.0. The van der Waals surface area contributed by atoms with E-state index < -0.39 is 29.7 Å². The van der Waals surface area contributed by atoms with Gasteiger partial charge in [-0.25, -0.2) is 9.59 Å². The van der Waals surface area contributed by atoms with Gasteiger partial charge in [-0.05, 0) is 51.0 Å². The monoisotopic (exact) mass is 448 g/mol. The second-order valence-electron chi connectivity index (χ2n) is 10.0. The number of hydrogen-bond donors (Lipinski definition) is 1. The highest BCUT2D eigenvalue weighted by atomic mass is 16.6. The molecule has 0 fully saturated rings. The Hall–Kier alpha value is -2.57. The van der Waals surface area contributed by atoms with Crippen molar-refractivity contribution in [2.75, 3.05) is 7.05 Å². The second-order valence-corrected chi connectivity index (χ2v) is 10.0. The smallest absolute Gasteiger partial charge is 0.408 e. The van der Waals surface area contributed by atoms with Crippen LogP contribution >= 0.6 is 0 Å². The number of ether oxygens (including phenoxy) is 2. The van der Waals surface area contributed by atoms with Crippen molar-refractivity contribution in [3.05, 3.63) is 35.9 Å². The molecule has 0 saturated heterocycles. The maximum Gasteiger partial charge on any atom is 0.408 e. The highest BCUT2D eigenvalue weighted by Gasteiger charge is 2.34. The molecule has 0 spiro atoms. The molecule has 0 aliphatic rings. The van der Waals surface area contributed by atoms with Gasteiger partial charge < -0.3 is 19.7 Å². The van der Waals surface area contributed by atoms with Crippen LogP contribution in [0.1, 0.15) is 66.9 Å². The van der Waals surface area contributed by atoms with Crippen molar-refractivity contribution >= 4 is 18.0 Å². The van der Waals surface area contributed by atoms with Gasteiger partial charge in [-0.15, -0.1) is 0 Å². The summed E-state index contributed by atoms with van der Waals surface area (Å²) in [7, 11) is 1.59. The Kier molecular flexibility index (Phi) is 10.7. The van der Waals surface area contributed by atoms with Gasteiger partial charge in [-0.2, -0.15) is 0 Å². The predicted octanol–water partition coefficient (Wildman–Crippen LogP) is 4.54. The fourth-order valence-corrected chi connectivity index (χ4v) is 3.23. The molecule has 32 heavy (non-hydrogen) atoms. The molecule has 1 aromatic carbocycles. The molecule has 0 aliphatic heterocycles. The van der Waals surface area contributed by atoms with E-state index >= 15 is 0 Å². The third-order valence-electron chi connectivity index (χ3n) is 4.70. The van der Waals surface area contributed by atoms with Crippen LogP contribution in [-0.2, 0) is 25.7 Å². The van der Waals surface area contributed by atoms with Gasteiger partial charge in [-0.3, -0.25) is 4.79 Å². The van der Waals surface area contributed by atoms with E-state index in [4.69, 9.17) is 9.47 Å². The standard InChI is InChI=1S/C25H40N2O5/c1-17(2)14-20(26-24(30)32-25(5,6)7)22(28)27(8)21(15-18(3)4)23(29)31-16-19-12-10-9-11-13-19/h9-13,17-18,20-21H,14-16H2,1-8H3,(H,26,30)/t20-,21-/m0/s1. The van der Waals surface area contributed by atoms with Gasteiger partial charge >= 0.3 is 12.1 Å². The summed E-state index contributed by atoms with van der Waals surface area (Å²) in [5, 5.41) is 2.69. The number of esters is 1. The van der Waals surface area contributed by atoms with Crippen molar-refractivity contribution in [2.45, 2.75) is 85.6 Å². The molecule has 0 aromatic heterocycles. The molecule has 1 N–H and O–H groups in total. The molecule has 7 nitrogen and oxygen atoms in total. The summed E-state index contributed by atoms with van der Waals surface area (Å²) >= 11 is 0. The number of hydrogen-bond acceptors (Lipinski definition) is 5. The predicted molar refractivity (Wildman–Crippen MR) is 125 cm³/mol. The van der Waals surface area contributed by atoms with Crippen molar-refractivity contribution in [3.63, 3.8) is 0 Å². The summed E-state index contributed by atoms with van der Waals surface area (Å²) in [5.74, 6) is -0.478. The number of carbonyl (C=O) groups excluding carboxylic acids is 3. The third-order valence-corrected chi connectivity index (χ3v) is 4.70. The molecule has 0 saturated carbocycles. The zero-order valence-corrected chi connectivity index (χ0v) is 20.8. The van der Waals surface area contributed by atoms with Crippen LogP contribution in [-0.4, -0.2) is 47.6 Å². The van der Waals surface area contributed by atoms with E-state index in [0.29, 0.717) is 12.8 Å². The zero-order chi connectivity index (χ0) is 24.5. The number of amides is 2. The molecule has 0 heterocycles. The Morgan fingerprint density at radius 3 is 2.03 bits per heavy atom. The van der Waals surface area contributed by atoms with Crippen LogP contribution in [0.25, 0.3) is 0 Å². The molecule has 0 bridgehead atoms. The molecule has 7 heteroatoms. The Morgan fingerprint density at radius 2 is 1.53 bits per heavy atom. The van der Waals surface area contributed by atoms with Gasteiger partial charge in [0.2, 0.25) is 5.91 Å². The number of benzene rings is 1. The Labute approximate surface area is 192 Å². The lowest BCUT2D eigenvalue weighted by atomic mass is 9.99. The average Bonchev–Trinajstić information content (AvgIpc) is 2.67. The molecular formula is C25H40N2O5. The lowest BCUT2D eigenvalue weighted by molar-refractivity contribution is -0.156. The van der Waals surface area contributed by atoms with Gasteiger partial charge in [0, 0.05) is 7.05 Å². The van der Waals surface area contributed by atoms with Crippen LogP contribution in [0.4, 0.5) is 4.79 Å². The molecular weight excluding hydrogens is 408 g/mol. The average molecular weight is 449 g/mol. The van der Waals surface area contributed by atoms with Crippen molar-refractivity contribution in [1.29, 1.82) is 0 Å². The van der Waals surface area contributed by atoms with Gasteiger partial charge in [0.15, 0.2) is 0 Å². The normalized spacial score (nSPS) is 13.4. The Morgan fingerprint density at radius 1 is 0.969 bits per heavy atom. The minimum Gasteiger partial charge on any atom is -0.459 e. The molecule has 0 radical (unpaired) electrons. The van der Waals surface area contributed by atoms with Gasteiger partial charge in [-0.1, -0.05) is 58.0 Å². The number of alkyl carbamates (subject to hydrolysis) is 1. The van der Waals surface area contributed by atoms with Crippen molar-refractivity contribution in [1.82, 2.24) is 10.2 Å². The van der Waals surface area contributed by atoms with Gasteiger partial charge in [0.1, 0.15) is 24.3 Å². The molecule has 2 amide bonds. The first kappa shape index (κ1) is 27.5. The Bertz CT molecular complexity index is 740. The highest BCUT2D eigenvalue weighted by molar-refractivity contribution is 5.89. The lowest BCUT2D eigenvalue weighted by Gasteiger charge is -2.32. The summed E-state index contributed by atoms with van der Waals surface area (Å²) in [6.07, 6.45) is 0.226. The maximum atomic E-state index is 13.3. The fraction of sp³-hybridized carbons (Fsp3) is 0.640. The quantitative estimate of drug-likeness (QED) is 0.531. The summed E-state index contributed by atoms with van der Waals surface area (Å²) in [6.45, 7) is 13.3. The van der Waals surface area contributed by atoms with Crippen LogP contribution in [0.5, 0.6) is 0 Å². The van der Waals surface area contributed by atoms with E-state index in [-0.39, 0.29) is 24.3 Å². The van der Waals surface area contributed by atoms with E-state index in [1.807, 2.05) is 58.0 Å². The highest BCUT2D eigenvalue weighted by Crippen LogP contribution is 2.17. The number of rotatable bonds is 10. The van der Waals surface area contributed by atoms with Crippen molar-refractivity contribution < 1.29 is 23.9 Å². The maximum absolute atomic E-state index is 13.3. The van der Waals surface area contributed by atoms with Crippen LogP contribution in [0.3, 0.4) is 0 Å². The first-order chi connectivity index (χ1) is 14.8. The van der Waals surface area contributed by atoms with Crippen molar-refractivity contribution in [3.8, 4) is 0 Å². The number of nitrogens with one attached hydrogen (secondary N) is 1. The molecule has 180 valence electrons. The van der Waals surface area contributed by atoms with Gasteiger partial charge in [0.05, 0.1) is 0 Å². The number of likely N-dealkylation sites (N-methyl/N-ethyl adjacent to an activating group) is 1. The minimum absolute atomic E-state index is 0.141. The first-order valence-electron chi connectivity index (χ1n) is 11.3. The largest absolute Gasteiger partial charge is 0.459 e. The SMILES string of the molecule is CC(C)C[C@H](NC(=O)OC(C)(C)C)C(=O)N(C)[C@@H](CC(C)C)C(=O)OCc1ccccc1. The fourth-order valence-electron chi connectivity index (χ4n) is 3.23. The molecule has 1 aromatic rings. The molecule has 2 atom stereocenters. The van der Waals surface area contributed by atoms with E-state index in [1.54, 1.807) is 27.8 Å². The molecule has 0 unspecified atom stereocenters. The van der Waals surface area contributed by atoms with E-state index in [9.17, 15) is 14.4 Å². The molecule has 1 rings (SSSR count).